The molecule has 1 heterocycles. The minimum absolute atomic E-state index is 0.0793. The lowest BCUT2D eigenvalue weighted by Crippen LogP contribution is -1.86. The quantitative estimate of drug-likeness (QED) is 0.881. The van der Waals surface area contributed by atoms with Gasteiger partial charge in [-0.15, -0.1) is 11.3 Å². The molecule has 1 aromatic carbocycles. The van der Waals surface area contributed by atoms with Crippen molar-refractivity contribution in [3.05, 3.63) is 39.8 Å². The number of hydrogen-bond donors (Lipinski definition) is 1. The number of aromatic hydroxyl groups is 1. The highest BCUT2D eigenvalue weighted by Gasteiger charge is 2.21. The van der Waals surface area contributed by atoms with E-state index in [2.05, 4.69) is 11.1 Å². The zero-order valence-corrected chi connectivity index (χ0v) is 12.4. The van der Waals surface area contributed by atoms with Crippen LogP contribution in [-0.2, 0) is 12.8 Å². The van der Waals surface area contributed by atoms with Crippen LogP contribution in [0.3, 0.4) is 0 Å². The molecule has 4 nitrogen and oxygen atoms in total. The number of nitriles is 1. The van der Waals surface area contributed by atoms with Crippen LogP contribution in [0.5, 0.6) is 11.5 Å². The van der Waals surface area contributed by atoms with Gasteiger partial charge in [-0.1, -0.05) is 0 Å². The van der Waals surface area contributed by atoms with Gasteiger partial charge in [0.25, 0.3) is 0 Å². The summed E-state index contributed by atoms with van der Waals surface area (Å²) in [6.45, 7) is 0. The van der Waals surface area contributed by atoms with Crippen LogP contribution in [-0.4, -0.2) is 18.4 Å². The fraction of sp³-hybridized carbons (Fsp3) is 0.250. The van der Waals surface area contributed by atoms with Crippen LogP contribution >= 0.6 is 11.3 Å². The summed E-state index contributed by atoms with van der Waals surface area (Å²) in [5.74, 6) is 0.510. The third-order valence-electron chi connectivity index (χ3n) is 3.55. The van der Waals surface area contributed by atoms with Gasteiger partial charge in [-0.05, 0) is 48.6 Å². The molecular weight excluding hydrogens is 284 g/mol. The van der Waals surface area contributed by atoms with Crippen LogP contribution in [0.25, 0.3) is 0 Å². The molecule has 0 amide bonds. The first-order valence-electron chi connectivity index (χ1n) is 6.68. The summed E-state index contributed by atoms with van der Waals surface area (Å²) in [5, 5.41) is 19.8. The highest BCUT2D eigenvalue weighted by molar-refractivity contribution is 7.16. The number of phenolic OH excluding ortho intramolecular Hbond substituents is 1. The van der Waals surface area contributed by atoms with E-state index in [0.29, 0.717) is 11.3 Å². The molecule has 0 radical (unpaired) electrons. The van der Waals surface area contributed by atoms with Gasteiger partial charge >= 0.3 is 0 Å². The molecular formula is C16H14N2O2S. The summed E-state index contributed by atoms with van der Waals surface area (Å²) < 4.78 is 5.00. The van der Waals surface area contributed by atoms with Crippen molar-refractivity contribution in [1.82, 2.24) is 0 Å². The van der Waals surface area contributed by atoms with Crippen molar-refractivity contribution in [3.8, 4) is 17.6 Å². The number of hydrogen-bond acceptors (Lipinski definition) is 5. The number of fused-ring (bicyclic) bond motifs is 1. The van der Waals surface area contributed by atoms with Gasteiger partial charge in [0.2, 0.25) is 0 Å². The van der Waals surface area contributed by atoms with Crippen LogP contribution in [0.2, 0.25) is 0 Å². The summed E-state index contributed by atoms with van der Waals surface area (Å²) in [5.41, 5.74) is 2.65. The average Bonchev–Trinajstić information content (AvgIpc) is 3.05. The summed E-state index contributed by atoms with van der Waals surface area (Å²) in [7, 11) is 1.51. The lowest BCUT2D eigenvalue weighted by Gasteiger charge is -2.02. The van der Waals surface area contributed by atoms with E-state index in [9.17, 15) is 10.4 Å². The van der Waals surface area contributed by atoms with E-state index in [-0.39, 0.29) is 5.75 Å². The lowest BCUT2D eigenvalue weighted by molar-refractivity contribution is 0.373. The van der Waals surface area contributed by atoms with Crippen molar-refractivity contribution in [2.75, 3.05) is 7.11 Å². The average molecular weight is 298 g/mol. The fourth-order valence-corrected chi connectivity index (χ4v) is 3.70. The lowest BCUT2D eigenvalue weighted by atomic mass is 10.1. The van der Waals surface area contributed by atoms with Crippen molar-refractivity contribution < 1.29 is 9.84 Å². The normalized spacial score (nSPS) is 13.3. The van der Waals surface area contributed by atoms with E-state index in [0.717, 1.165) is 29.8 Å². The molecule has 106 valence electrons. The van der Waals surface area contributed by atoms with Crippen molar-refractivity contribution in [1.29, 1.82) is 5.26 Å². The first-order chi connectivity index (χ1) is 10.2. The molecule has 0 bridgehead atoms. The molecule has 0 atom stereocenters. The third-order valence-corrected chi connectivity index (χ3v) is 4.75. The molecule has 5 heteroatoms. The van der Waals surface area contributed by atoms with Gasteiger partial charge < -0.3 is 9.84 Å². The molecule has 0 unspecified atom stereocenters. The third kappa shape index (κ3) is 2.50. The monoisotopic (exact) mass is 298 g/mol. The minimum atomic E-state index is 0.0793. The maximum atomic E-state index is 9.75. The van der Waals surface area contributed by atoms with E-state index in [1.165, 1.54) is 17.6 Å². The first-order valence-corrected chi connectivity index (χ1v) is 7.50. The van der Waals surface area contributed by atoms with Crippen LogP contribution in [0.15, 0.2) is 23.2 Å². The Bertz CT molecular complexity index is 756. The highest BCUT2D eigenvalue weighted by Crippen LogP contribution is 2.40. The van der Waals surface area contributed by atoms with E-state index in [4.69, 9.17) is 4.74 Å². The molecule has 1 aliphatic rings. The second-order valence-corrected chi connectivity index (χ2v) is 5.92. The number of ether oxygens (including phenoxy) is 1. The Labute approximate surface area is 127 Å². The molecule has 1 aliphatic carbocycles. The number of nitrogens with zero attached hydrogens (tertiary/aromatic N) is 2. The summed E-state index contributed by atoms with van der Waals surface area (Å²) in [4.78, 5) is 5.71. The molecule has 1 N–H and O–H groups in total. The number of aryl methyl sites for hydroxylation is 1. The van der Waals surface area contributed by atoms with Gasteiger partial charge in [0.15, 0.2) is 11.5 Å². The van der Waals surface area contributed by atoms with Gasteiger partial charge in [0.1, 0.15) is 11.1 Å². The molecule has 2 aromatic rings. The summed E-state index contributed by atoms with van der Waals surface area (Å²) in [6, 6.07) is 7.37. The zero-order chi connectivity index (χ0) is 14.8. The second kappa shape index (κ2) is 5.58. The van der Waals surface area contributed by atoms with Crippen molar-refractivity contribution in [2.45, 2.75) is 19.3 Å². The molecule has 0 fully saturated rings. The smallest absolute Gasteiger partial charge is 0.160 e. The number of aliphatic imine (C=N–C) groups is 1. The molecule has 0 saturated carbocycles. The van der Waals surface area contributed by atoms with Crippen molar-refractivity contribution in [3.63, 3.8) is 0 Å². The van der Waals surface area contributed by atoms with E-state index < -0.39 is 0 Å². The Morgan fingerprint density at radius 1 is 1.43 bits per heavy atom. The predicted molar refractivity (Wildman–Crippen MR) is 83.0 cm³/mol. The van der Waals surface area contributed by atoms with Gasteiger partial charge in [0, 0.05) is 11.1 Å². The highest BCUT2D eigenvalue weighted by atomic mass is 32.1. The Kier molecular flexibility index (Phi) is 3.63. The van der Waals surface area contributed by atoms with Crippen LogP contribution < -0.4 is 4.74 Å². The molecule has 3 rings (SSSR count). The predicted octanol–water partition coefficient (Wildman–Crippen LogP) is 3.57. The van der Waals surface area contributed by atoms with Gasteiger partial charge in [-0.2, -0.15) is 5.26 Å². The fourth-order valence-electron chi connectivity index (χ4n) is 2.52. The molecule has 0 aliphatic heterocycles. The summed E-state index contributed by atoms with van der Waals surface area (Å²) >= 11 is 1.60. The molecule has 1 aromatic heterocycles. The minimum Gasteiger partial charge on any atom is -0.504 e. The van der Waals surface area contributed by atoms with Crippen LogP contribution in [0, 0.1) is 11.3 Å². The Morgan fingerprint density at radius 2 is 2.29 bits per heavy atom. The molecule has 21 heavy (non-hydrogen) atoms. The zero-order valence-electron chi connectivity index (χ0n) is 11.6. The van der Waals surface area contributed by atoms with E-state index in [1.54, 1.807) is 29.7 Å². The van der Waals surface area contributed by atoms with Gasteiger partial charge in [0.05, 0.1) is 12.7 Å². The SMILES string of the molecule is COc1ccc(C=Nc2sc3c(c2C#N)CCC3)cc1O. The van der Waals surface area contributed by atoms with Gasteiger partial charge in [-0.25, -0.2) is 4.99 Å². The Hall–Kier alpha value is -2.32. The number of benzene rings is 1. The van der Waals surface area contributed by atoms with Crippen molar-refractivity contribution >= 4 is 22.6 Å². The largest absolute Gasteiger partial charge is 0.504 e. The van der Waals surface area contributed by atoms with Crippen LogP contribution in [0.1, 0.15) is 28.0 Å². The topological polar surface area (TPSA) is 65.6 Å². The number of thiophene rings is 1. The van der Waals surface area contributed by atoms with E-state index in [1.807, 2.05) is 6.07 Å². The molecule has 0 saturated heterocycles. The Balaban J connectivity index is 1.90. The van der Waals surface area contributed by atoms with Crippen LogP contribution in [0.4, 0.5) is 5.00 Å². The van der Waals surface area contributed by atoms with E-state index >= 15 is 0 Å². The number of phenols is 1. The maximum absolute atomic E-state index is 9.75. The number of rotatable bonds is 3. The summed E-state index contributed by atoms with van der Waals surface area (Å²) in [6.07, 6.45) is 4.83. The first kappa shape index (κ1) is 13.7. The molecule has 0 spiro atoms. The maximum Gasteiger partial charge on any atom is 0.160 e. The van der Waals surface area contributed by atoms with Crippen molar-refractivity contribution in [2.24, 2.45) is 4.99 Å². The Morgan fingerprint density at radius 3 is 3.00 bits per heavy atom. The van der Waals surface area contributed by atoms with Gasteiger partial charge in [-0.3, -0.25) is 0 Å². The standard InChI is InChI=1S/C16H14N2O2S/c1-20-14-6-5-10(7-13(14)19)9-18-16-12(8-17)11-3-2-4-15(11)21-16/h5-7,9,19H,2-4H2,1H3. The number of methoxy groups -OCH3 is 1. The second-order valence-electron chi connectivity index (χ2n) is 4.84.